The van der Waals surface area contributed by atoms with Gasteiger partial charge in [-0.25, -0.2) is 13.6 Å². The lowest BCUT2D eigenvalue weighted by Crippen LogP contribution is -2.16. The molecule has 1 aromatic heterocycles. The number of benzene rings is 1. The van der Waals surface area contributed by atoms with Crippen LogP contribution in [-0.4, -0.2) is 30.1 Å². The number of hydrogen-bond donors (Lipinski definition) is 1. The molecule has 0 aliphatic heterocycles. The topological polar surface area (TPSA) is 85.9 Å². The van der Waals surface area contributed by atoms with Gasteiger partial charge < -0.3 is 0 Å². The lowest BCUT2D eigenvalue weighted by molar-refractivity contribution is 0.596. The van der Waals surface area contributed by atoms with Crippen molar-refractivity contribution in [3.05, 3.63) is 35.4 Å². The summed E-state index contributed by atoms with van der Waals surface area (Å²) >= 11 is 4.73. The molecular weight excluding hydrogens is 382 g/mol. The molecule has 0 atom stereocenters. The Morgan fingerprint density at radius 2 is 1.75 bits per heavy atom. The molecule has 0 saturated heterocycles. The number of primary sulfonamides is 1. The van der Waals surface area contributed by atoms with Crippen LogP contribution in [0.4, 0.5) is 0 Å². The molecule has 9 heteroatoms. The van der Waals surface area contributed by atoms with Crippen LogP contribution in [0, 0.1) is 0 Å². The number of rotatable bonds is 9. The van der Waals surface area contributed by atoms with E-state index in [2.05, 4.69) is 48.3 Å². The minimum Gasteiger partial charge on any atom is -0.229 e. The number of nitrogens with zero attached hydrogens (tertiary/aromatic N) is 2. The zero-order valence-electron chi connectivity index (χ0n) is 13.6. The summed E-state index contributed by atoms with van der Waals surface area (Å²) in [6.07, 6.45) is 0.522. The monoisotopic (exact) mass is 403 g/mol. The van der Waals surface area contributed by atoms with Crippen molar-refractivity contribution in [3.63, 3.8) is 0 Å². The zero-order valence-corrected chi connectivity index (χ0v) is 16.9. The van der Waals surface area contributed by atoms with Crippen LogP contribution in [0.25, 0.3) is 0 Å². The molecule has 0 radical (unpaired) electrons. The van der Waals surface area contributed by atoms with Gasteiger partial charge in [-0.05, 0) is 23.5 Å². The summed E-state index contributed by atoms with van der Waals surface area (Å²) < 4.78 is 23.5. The Hall–Kier alpha value is -0.610. The SMILES string of the molecule is CC(C)c1ccc(CSc2nnc(SCCCS(N)(=O)=O)s2)cc1. The lowest BCUT2D eigenvalue weighted by atomic mass is 10.0. The maximum Gasteiger partial charge on any atom is 0.209 e. The highest BCUT2D eigenvalue weighted by molar-refractivity contribution is 8.02. The molecule has 0 aliphatic rings. The van der Waals surface area contributed by atoms with Crippen LogP contribution in [0.15, 0.2) is 32.9 Å². The van der Waals surface area contributed by atoms with Gasteiger partial charge in [0.05, 0.1) is 5.75 Å². The van der Waals surface area contributed by atoms with Crippen molar-refractivity contribution in [2.75, 3.05) is 11.5 Å². The van der Waals surface area contributed by atoms with Gasteiger partial charge in [0.1, 0.15) is 0 Å². The molecule has 2 rings (SSSR count). The van der Waals surface area contributed by atoms with Crippen LogP contribution >= 0.6 is 34.9 Å². The molecule has 0 spiro atoms. The van der Waals surface area contributed by atoms with Gasteiger partial charge in [0.2, 0.25) is 10.0 Å². The quantitative estimate of drug-likeness (QED) is 0.507. The fourth-order valence-corrected chi connectivity index (χ4v) is 5.59. The Balaban J connectivity index is 1.77. The number of aromatic nitrogens is 2. The van der Waals surface area contributed by atoms with E-state index in [1.165, 1.54) is 22.9 Å². The summed E-state index contributed by atoms with van der Waals surface area (Å²) in [5, 5.41) is 13.3. The average molecular weight is 404 g/mol. The summed E-state index contributed by atoms with van der Waals surface area (Å²) in [4.78, 5) is 0. The normalized spacial score (nSPS) is 12.0. The van der Waals surface area contributed by atoms with Gasteiger partial charge in [0.15, 0.2) is 8.68 Å². The van der Waals surface area contributed by atoms with Gasteiger partial charge in [-0.15, -0.1) is 10.2 Å². The van der Waals surface area contributed by atoms with Gasteiger partial charge >= 0.3 is 0 Å². The molecule has 0 aliphatic carbocycles. The molecule has 2 aromatic rings. The fraction of sp³-hybridized carbons (Fsp3) is 0.467. The van der Waals surface area contributed by atoms with Crippen LogP contribution in [0.5, 0.6) is 0 Å². The number of thioether (sulfide) groups is 2. The second-order valence-electron chi connectivity index (χ2n) is 5.59. The second kappa shape index (κ2) is 9.19. The summed E-state index contributed by atoms with van der Waals surface area (Å²) in [5.74, 6) is 2.09. The Morgan fingerprint density at radius 3 is 2.33 bits per heavy atom. The van der Waals surface area contributed by atoms with E-state index in [4.69, 9.17) is 5.14 Å². The molecule has 0 bridgehead atoms. The molecule has 0 saturated carbocycles. The van der Waals surface area contributed by atoms with Crippen molar-refractivity contribution < 1.29 is 8.42 Å². The lowest BCUT2D eigenvalue weighted by Gasteiger charge is -2.05. The average Bonchev–Trinajstić information content (AvgIpc) is 2.97. The number of sulfonamides is 1. The van der Waals surface area contributed by atoms with E-state index >= 15 is 0 Å². The smallest absolute Gasteiger partial charge is 0.209 e. The third-order valence-electron chi connectivity index (χ3n) is 3.20. The fourth-order valence-electron chi connectivity index (χ4n) is 1.88. The van der Waals surface area contributed by atoms with E-state index in [-0.39, 0.29) is 5.75 Å². The molecule has 0 amide bonds. The van der Waals surface area contributed by atoms with Crippen LogP contribution in [0.1, 0.15) is 37.3 Å². The Morgan fingerprint density at radius 1 is 1.12 bits per heavy atom. The van der Waals surface area contributed by atoms with E-state index < -0.39 is 10.0 Å². The van der Waals surface area contributed by atoms with E-state index in [1.807, 2.05) is 0 Å². The zero-order chi connectivity index (χ0) is 17.6. The highest BCUT2D eigenvalue weighted by atomic mass is 32.2. The molecule has 24 heavy (non-hydrogen) atoms. The maximum absolute atomic E-state index is 10.9. The summed E-state index contributed by atoms with van der Waals surface area (Å²) in [5.41, 5.74) is 2.61. The molecule has 0 unspecified atom stereocenters. The van der Waals surface area contributed by atoms with E-state index in [0.29, 0.717) is 18.1 Å². The minimum atomic E-state index is -3.37. The molecular formula is C15H21N3O2S4. The Kier molecular flexibility index (Phi) is 7.55. The van der Waals surface area contributed by atoms with Gasteiger partial charge in [-0.3, -0.25) is 0 Å². The first kappa shape index (κ1) is 19.7. The molecule has 1 heterocycles. The predicted octanol–water partition coefficient (Wildman–Crippen LogP) is 3.72. The Bertz CT molecular complexity index is 742. The first-order valence-corrected chi connectivity index (χ1v) is 12.0. The van der Waals surface area contributed by atoms with Crippen molar-refractivity contribution in [1.82, 2.24) is 10.2 Å². The third-order valence-corrected chi connectivity index (χ3v) is 7.40. The highest BCUT2D eigenvalue weighted by Crippen LogP contribution is 2.31. The summed E-state index contributed by atoms with van der Waals surface area (Å²) in [7, 11) is -3.37. The van der Waals surface area contributed by atoms with Crippen LogP contribution in [-0.2, 0) is 15.8 Å². The van der Waals surface area contributed by atoms with Crippen molar-refractivity contribution >= 4 is 44.9 Å². The van der Waals surface area contributed by atoms with E-state index in [1.54, 1.807) is 23.1 Å². The molecule has 0 fully saturated rings. The van der Waals surface area contributed by atoms with Crippen LogP contribution in [0.2, 0.25) is 0 Å². The van der Waals surface area contributed by atoms with Gasteiger partial charge in [-0.1, -0.05) is 73.0 Å². The maximum atomic E-state index is 10.9. The number of hydrogen-bond acceptors (Lipinski definition) is 7. The van der Waals surface area contributed by atoms with Crippen LogP contribution in [0.3, 0.4) is 0 Å². The van der Waals surface area contributed by atoms with Gasteiger partial charge in [0, 0.05) is 11.5 Å². The standard InChI is InChI=1S/C15H21N3O2S4/c1-11(2)13-6-4-12(5-7-13)10-22-15-18-17-14(23-15)21-8-3-9-24(16,19)20/h4-7,11H,3,8-10H2,1-2H3,(H2,16,19,20). The largest absolute Gasteiger partial charge is 0.229 e. The van der Waals surface area contributed by atoms with Gasteiger partial charge in [-0.2, -0.15) is 0 Å². The Labute approximate surface area is 155 Å². The predicted molar refractivity (Wildman–Crippen MR) is 103 cm³/mol. The van der Waals surface area contributed by atoms with E-state index in [0.717, 1.165) is 14.4 Å². The van der Waals surface area contributed by atoms with Crippen LogP contribution < -0.4 is 5.14 Å². The molecule has 5 nitrogen and oxygen atoms in total. The van der Waals surface area contributed by atoms with Crippen molar-refractivity contribution in [3.8, 4) is 0 Å². The third kappa shape index (κ3) is 7.10. The van der Waals surface area contributed by atoms with Crippen molar-refractivity contribution in [2.24, 2.45) is 5.14 Å². The molecule has 132 valence electrons. The van der Waals surface area contributed by atoms with Crippen molar-refractivity contribution in [1.29, 1.82) is 0 Å². The second-order valence-corrected chi connectivity index (χ2v) is 10.9. The first-order valence-electron chi connectivity index (χ1n) is 7.52. The van der Waals surface area contributed by atoms with Gasteiger partial charge in [0.25, 0.3) is 0 Å². The first-order chi connectivity index (χ1) is 11.3. The molecule has 2 N–H and O–H groups in total. The highest BCUT2D eigenvalue weighted by Gasteiger charge is 2.08. The summed E-state index contributed by atoms with van der Waals surface area (Å²) in [6, 6.07) is 8.67. The minimum absolute atomic E-state index is 0.00673. The molecule has 1 aromatic carbocycles. The summed E-state index contributed by atoms with van der Waals surface area (Å²) in [6.45, 7) is 4.38. The van der Waals surface area contributed by atoms with Crippen molar-refractivity contribution in [2.45, 2.75) is 40.6 Å². The number of nitrogens with two attached hydrogens (primary N) is 1. The van der Waals surface area contributed by atoms with E-state index in [9.17, 15) is 8.42 Å².